The Morgan fingerprint density at radius 3 is 2.95 bits per heavy atom. The number of hydrogen-bond acceptors (Lipinski definition) is 5. The smallest absolute Gasteiger partial charge is 0.373 e. The van der Waals surface area contributed by atoms with Crippen LogP contribution in [0.5, 0.6) is 0 Å². The first-order valence-corrected chi connectivity index (χ1v) is 6.09. The molecule has 1 aromatic heterocycles. The van der Waals surface area contributed by atoms with Crippen molar-refractivity contribution in [1.82, 2.24) is 5.32 Å². The number of hydrogen-bond donors (Lipinski definition) is 1. The molecule has 2 aromatic rings. The summed E-state index contributed by atoms with van der Waals surface area (Å²) in [5, 5.41) is 12.0. The van der Waals surface area contributed by atoms with Crippen LogP contribution in [0.15, 0.2) is 40.8 Å². The summed E-state index contributed by atoms with van der Waals surface area (Å²) in [6.45, 7) is 1.11. The van der Waals surface area contributed by atoms with Crippen LogP contribution in [-0.4, -0.2) is 13.1 Å². The van der Waals surface area contributed by atoms with E-state index in [2.05, 4.69) is 16.1 Å². The van der Waals surface area contributed by atoms with Gasteiger partial charge >= 0.3 is 5.97 Å². The van der Waals surface area contributed by atoms with E-state index in [9.17, 15) is 4.79 Å². The molecule has 0 atom stereocenters. The fraction of sp³-hybridized carbons (Fsp3) is 0.200. The van der Waals surface area contributed by atoms with Crippen LogP contribution < -0.4 is 5.32 Å². The third kappa shape index (κ3) is 3.46. The fourth-order valence-corrected chi connectivity index (χ4v) is 1.76. The van der Waals surface area contributed by atoms with Crippen LogP contribution in [0, 0.1) is 11.3 Å². The highest BCUT2D eigenvalue weighted by atomic mass is 16.5. The molecule has 0 radical (unpaired) electrons. The Hall–Kier alpha value is -2.58. The van der Waals surface area contributed by atoms with Gasteiger partial charge in [-0.2, -0.15) is 5.26 Å². The van der Waals surface area contributed by atoms with E-state index in [4.69, 9.17) is 9.68 Å². The second kappa shape index (κ2) is 6.55. The highest BCUT2D eigenvalue weighted by Crippen LogP contribution is 2.09. The van der Waals surface area contributed by atoms with Crippen molar-refractivity contribution in [3.8, 4) is 6.07 Å². The van der Waals surface area contributed by atoms with Gasteiger partial charge in [-0.3, -0.25) is 0 Å². The Labute approximate surface area is 116 Å². The molecule has 102 valence electrons. The highest BCUT2D eigenvalue weighted by molar-refractivity contribution is 5.86. The molecule has 0 aliphatic rings. The van der Waals surface area contributed by atoms with Gasteiger partial charge in [-0.05, 0) is 29.8 Å². The number of nitrogens with zero attached hydrogens (tertiary/aromatic N) is 1. The Morgan fingerprint density at radius 2 is 2.20 bits per heavy atom. The van der Waals surface area contributed by atoms with E-state index in [1.165, 1.54) is 7.11 Å². The Kier molecular flexibility index (Phi) is 4.53. The number of furan rings is 1. The number of nitrogens with one attached hydrogen (secondary N) is 1. The van der Waals surface area contributed by atoms with Crippen molar-refractivity contribution in [2.45, 2.75) is 13.1 Å². The number of ether oxygens (including phenoxy) is 1. The second-order valence-electron chi connectivity index (χ2n) is 4.17. The van der Waals surface area contributed by atoms with Gasteiger partial charge in [-0.15, -0.1) is 0 Å². The lowest BCUT2D eigenvalue weighted by molar-refractivity contribution is 0.0563. The molecule has 0 aliphatic carbocycles. The van der Waals surface area contributed by atoms with Gasteiger partial charge in [-0.25, -0.2) is 4.79 Å². The minimum Gasteiger partial charge on any atom is -0.463 e. The number of methoxy groups -OCH3 is 1. The molecule has 5 heteroatoms. The number of carbonyl (C=O) groups is 1. The predicted octanol–water partition coefficient (Wildman–Crippen LogP) is 2.23. The topological polar surface area (TPSA) is 75.3 Å². The van der Waals surface area contributed by atoms with Gasteiger partial charge in [0.05, 0.1) is 25.3 Å². The van der Waals surface area contributed by atoms with E-state index < -0.39 is 5.97 Å². The maximum Gasteiger partial charge on any atom is 0.373 e. The van der Waals surface area contributed by atoms with Crippen molar-refractivity contribution in [2.75, 3.05) is 7.11 Å². The zero-order valence-corrected chi connectivity index (χ0v) is 11.1. The lowest BCUT2D eigenvalue weighted by Crippen LogP contribution is -2.12. The summed E-state index contributed by atoms with van der Waals surface area (Å²) in [5.41, 5.74) is 1.65. The second-order valence-corrected chi connectivity index (χ2v) is 4.17. The lowest BCUT2D eigenvalue weighted by atomic mass is 10.1. The first-order valence-electron chi connectivity index (χ1n) is 6.09. The molecule has 5 nitrogen and oxygen atoms in total. The summed E-state index contributed by atoms with van der Waals surface area (Å²) in [7, 11) is 1.31. The van der Waals surface area contributed by atoms with Gasteiger partial charge in [0.1, 0.15) is 5.76 Å². The molecule has 0 amide bonds. The summed E-state index contributed by atoms with van der Waals surface area (Å²) in [5.74, 6) is 0.357. The van der Waals surface area contributed by atoms with Crippen LogP contribution in [0.4, 0.5) is 0 Å². The molecule has 0 saturated carbocycles. The molecule has 1 N–H and O–H groups in total. The van der Waals surface area contributed by atoms with Crippen LogP contribution in [0.2, 0.25) is 0 Å². The molecule has 1 aromatic carbocycles. The summed E-state index contributed by atoms with van der Waals surface area (Å²) < 4.78 is 9.89. The molecule has 0 fully saturated rings. The Bertz CT molecular complexity index is 641. The lowest BCUT2D eigenvalue weighted by Gasteiger charge is -2.03. The van der Waals surface area contributed by atoms with Crippen molar-refractivity contribution in [1.29, 1.82) is 5.26 Å². The number of carbonyl (C=O) groups excluding carboxylic acids is 1. The number of rotatable bonds is 5. The highest BCUT2D eigenvalue weighted by Gasteiger charge is 2.10. The Balaban J connectivity index is 1.88. The fourth-order valence-electron chi connectivity index (χ4n) is 1.76. The molecular formula is C15H14N2O3. The quantitative estimate of drug-likeness (QED) is 0.843. The van der Waals surface area contributed by atoms with E-state index in [0.717, 1.165) is 5.56 Å². The van der Waals surface area contributed by atoms with Crippen LogP contribution >= 0.6 is 0 Å². The molecule has 0 unspecified atom stereocenters. The van der Waals surface area contributed by atoms with E-state index in [0.29, 0.717) is 24.4 Å². The monoisotopic (exact) mass is 270 g/mol. The summed E-state index contributed by atoms with van der Waals surface area (Å²) >= 11 is 0. The molecule has 0 aliphatic heterocycles. The van der Waals surface area contributed by atoms with Crippen LogP contribution in [-0.2, 0) is 17.8 Å². The van der Waals surface area contributed by atoms with Gasteiger partial charge in [0.2, 0.25) is 5.76 Å². The predicted molar refractivity (Wildman–Crippen MR) is 71.7 cm³/mol. The zero-order chi connectivity index (χ0) is 14.4. The molecule has 20 heavy (non-hydrogen) atoms. The van der Waals surface area contributed by atoms with Gasteiger partial charge in [-0.1, -0.05) is 12.1 Å². The van der Waals surface area contributed by atoms with E-state index in [1.54, 1.807) is 18.2 Å². The van der Waals surface area contributed by atoms with Crippen molar-refractivity contribution in [2.24, 2.45) is 0 Å². The number of benzene rings is 1. The largest absolute Gasteiger partial charge is 0.463 e. The first kappa shape index (κ1) is 13.8. The maximum atomic E-state index is 11.2. The molecule has 0 bridgehead atoms. The minimum atomic E-state index is -0.488. The van der Waals surface area contributed by atoms with Gasteiger partial charge in [0, 0.05) is 6.54 Å². The van der Waals surface area contributed by atoms with Gasteiger partial charge in [0.25, 0.3) is 0 Å². The summed E-state index contributed by atoms with van der Waals surface area (Å²) in [4.78, 5) is 11.2. The molecule has 0 saturated heterocycles. The van der Waals surface area contributed by atoms with E-state index >= 15 is 0 Å². The molecule has 2 rings (SSSR count). The van der Waals surface area contributed by atoms with Crippen molar-refractivity contribution < 1.29 is 13.9 Å². The number of nitriles is 1. The van der Waals surface area contributed by atoms with Crippen molar-refractivity contribution >= 4 is 5.97 Å². The zero-order valence-electron chi connectivity index (χ0n) is 11.1. The molecule has 1 heterocycles. The SMILES string of the molecule is COC(=O)c1ccc(CNCc2cccc(C#N)c2)o1. The standard InChI is InChI=1S/C15H14N2O3/c1-19-15(18)14-6-5-13(20-14)10-17-9-12-4-2-3-11(7-12)8-16/h2-7,17H,9-10H2,1H3. The van der Waals surface area contributed by atoms with Gasteiger partial charge < -0.3 is 14.5 Å². The summed E-state index contributed by atoms with van der Waals surface area (Å²) in [6.07, 6.45) is 0. The summed E-state index contributed by atoms with van der Waals surface area (Å²) in [6, 6.07) is 12.8. The third-order valence-corrected chi connectivity index (χ3v) is 2.73. The van der Waals surface area contributed by atoms with E-state index in [-0.39, 0.29) is 5.76 Å². The van der Waals surface area contributed by atoms with Crippen LogP contribution in [0.3, 0.4) is 0 Å². The first-order chi connectivity index (χ1) is 9.72. The van der Waals surface area contributed by atoms with Crippen molar-refractivity contribution in [3.05, 3.63) is 59.0 Å². The van der Waals surface area contributed by atoms with Crippen LogP contribution in [0.25, 0.3) is 0 Å². The maximum absolute atomic E-state index is 11.2. The van der Waals surface area contributed by atoms with Crippen LogP contribution in [0.1, 0.15) is 27.4 Å². The average molecular weight is 270 g/mol. The number of esters is 1. The average Bonchev–Trinajstić information content (AvgIpc) is 2.95. The van der Waals surface area contributed by atoms with E-state index in [1.807, 2.05) is 18.2 Å². The molecular weight excluding hydrogens is 256 g/mol. The van der Waals surface area contributed by atoms with Gasteiger partial charge in [0.15, 0.2) is 0 Å². The normalized spacial score (nSPS) is 10.0. The Morgan fingerprint density at radius 1 is 1.35 bits per heavy atom. The van der Waals surface area contributed by atoms with Crippen molar-refractivity contribution in [3.63, 3.8) is 0 Å². The third-order valence-electron chi connectivity index (χ3n) is 2.73. The minimum absolute atomic E-state index is 0.191. The molecule has 0 spiro atoms.